The predicted molar refractivity (Wildman–Crippen MR) is 53.6 cm³/mol. The van der Waals surface area contributed by atoms with Crippen LogP contribution in [0.3, 0.4) is 0 Å². The summed E-state index contributed by atoms with van der Waals surface area (Å²) in [5.41, 5.74) is 5.12. The molecule has 0 spiro atoms. The van der Waals surface area contributed by atoms with Gasteiger partial charge in [-0.1, -0.05) is 19.0 Å². The van der Waals surface area contributed by atoms with Crippen molar-refractivity contribution in [2.24, 2.45) is 5.73 Å². The standard InChI is InChI=1S/C8H12BrF2N3O/c1-3-7(12,4-2)5-13-6(15-14-5)8(9,10)11/h3-4,12H2,1-2H3. The molecular formula is C8H12BrF2N3O. The van der Waals surface area contributed by atoms with Crippen LogP contribution in [0.25, 0.3) is 0 Å². The quantitative estimate of drug-likeness (QED) is 0.863. The molecule has 0 aliphatic carbocycles. The maximum Gasteiger partial charge on any atom is 0.378 e. The van der Waals surface area contributed by atoms with Gasteiger partial charge in [0.1, 0.15) is 0 Å². The van der Waals surface area contributed by atoms with Gasteiger partial charge in [0.05, 0.1) is 5.54 Å². The van der Waals surface area contributed by atoms with Gasteiger partial charge in [0.25, 0.3) is 0 Å². The predicted octanol–water partition coefficient (Wildman–Crippen LogP) is 2.49. The van der Waals surface area contributed by atoms with Gasteiger partial charge in [-0.15, -0.1) is 0 Å². The number of nitrogens with two attached hydrogens (primary N) is 1. The summed E-state index contributed by atoms with van der Waals surface area (Å²) in [7, 11) is 0. The first-order chi connectivity index (χ1) is 6.83. The van der Waals surface area contributed by atoms with Crippen LogP contribution < -0.4 is 5.73 Å². The summed E-state index contributed by atoms with van der Waals surface area (Å²) >= 11 is 2.14. The lowest BCUT2D eigenvalue weighted by Crippen LogP contribution is -2.36. The lowest BCUT2D eigenvalue weighted by molar-refractivity contribution is 0.0725. The molecule has 1 aromatic rings. The molecule has 1 aromatic heterocycles. The zero-order valence-corrected chi connectivity index (χ0v) is 10.0. The van der Waals surface area contributed by atoms with E-state index in [4.69, 9.17) is 5.73 Å². The minimum atomic E-state index is -3.30. The lowest BCUT2D eigenvalue weighted by atomic mass is 9.94. The zero-order valence-electron chi connectivity index (χ0n) is 8.43. The normalized spacial score (nSPS) is 13.2. The number of hydrogen-bond donors (Lipinski definition) is 1. The number of halogens is 3. The molecule has 0 unspecified atom stereocenters. The number of aromatic nitrogens is 2. The zero-order chi connectivity index (χ0) is 11.7. The van der Waals surface area contributed by atoms with Gasteiger partial charge in [-0.2, -0.15) is 13.8 Å². The number of nitrogens with zero attached hydrogens (tertiary/aromatic N) is 2. The van der Waals surface area contributed by atoms with Crippen molar-refractivity contribution in [3.63, 3.8) is 0 Å². The van der Waals surface area contributed by atoms with Gasteiger partial charge in [0.15, 0.2) is 5.82 Å². The Labute approximate surface area is 94.3 Å². The van der Waals surface area contributed by atoms with Crippen molar-refractivity contribution in [3.05, 3.63) is 11.7 Å². The van der Waals surface area contributed by atoms with Crippen LogP contribution in [-0.2, 0) is 10.4 Å². The molecule has 4 nitrogen and oxygen atoms in total. The monoisotopic (exact) mass is 283 g/mol. The first-order valence-electron chi connectivity index (χ1n) is 4.53. The Balaban J connectivity index is 3.03. The third kappa shape index (κ3) is 2.52. The summed E-state index contributed by atoms with van der Waals surface area (Å²) in [5.74, 6) is -0.657. The Morgan fingerprint density at radius 3 is 2.27 bits per heavy atom. The van der Waals surface area contributed by atoms with E-state index in [1.165, 1.54) is 0 Å². The van der Waals surface area contributed by atoms with Crippen LogP contribution in [0.2, 0.25) is 0 Å². The molecule has 0 saturated heterocycles. The Hall–Kier alpha value is -0.560. The van der Waals surface area contributed by atoms with Gasteiger partial charge < -0.3 is 10.3 Å². The molecule has 0 aliphatic rings. The van der Waals surface area contributed by atoms with Gasteiger partial charge in [-0.25, -0.2) is 0 Å². The van der Waals surface area contributed by atoms with Crippen LogP contribution in [0.5, 0.6) is 0 Å². The van der Waals surface area contributed by atoms with Crippen molar-refractivity contribution in [1.82, 2.24) is 10.1 Å². The fourth-order valence-electron chi connectivity index (χ4n) is 1.11. The minimum absolute atomic E-state index is 0.113. The van der Waals surface area contributed by atoms with Crippen LogP contribution in [0, 0.1) is 0 Å². The molecule has 86 valence electrons. The summed E-state index contributed by atoms with van der Waals surface area (Å²) < 4.78 is 29.9. The van der Waals surface area contributed by atoms with Crippen LogP contribution in [0.1, 0.15) is 38.4 Å². The molecule has 0 radical (unpaired) electrons. The molecule has 1 rings (SSSR count). The Kier molecular flexibility index (Phi) is 3.44. The third-order valence-electron chi connectivity index (χ3n) is 2.38. The van der Waals surface area contributed by atoms with E-state index in [1.54, 1.807) is 0 Å². The molecule has 0 amide bonds. The second-order valence-electron chi connectivity index (χ2n) is 3.28. The number of hydrogen-bond acceptors (Lipinski definition) is 4. The second kappa shape index (κ2) is 4.13. The first kappa shape index (κ1) is 12.5. The largest absolute Gasteiger partial charge is 0.378 e. The third-order valence-corrected chi connectivity index (χ3v) is 2.71. The fourth-order valence-corrected chi connectivity index (χ4v) is 1.27. The molecule has 2 N–H and O–H groups in total. The SMILES string of the molecule is CCC(N)(CC)c1noc(C(F)(F)Br)n1. The van der Waals surface area contributed by atoms with E-state index in [1.807, 2.05) is 13.8 Å². The van der Waals surface area contributed by atoms with Crippen molar-refractivity contribution in [1.29, 1.82) is 0 Å². The van der Waals surface area contributed by atoms with E-state index >= 15 is 0 Å². The van der Waals surface area contributed by atoms with Crippen LogP contribution in [-0.4, -0.2) is 10.1 Å². The van der Waals surface area contributed by atoms with Gasteiger partial charge in [-0.3, -0.25) is 0 Å². The molecule has 0 saturated carbocycles. The summed E-state index contributed by atoms with van der Waals surface area (Å²) in [4.78, 5) is 0.291. The van der Waals surface area contributed by atoms with Crippen molar-refractivity contribution >= 4 is 15.9 Å². The lowest BCUT2D eigenvalue weighted by Gasteiger charge is -2.21. The van der Waals surface area contributed by atoms with Crippen molar-refractivity contribution in [3.8, 4) is 0 Å². The molecular weight excluding hydrogens is 272 g/mol. The van der Waals surface area contributed by atoms with E-state index in [0.717, 1.165) is 0 Å². The molecule has 15 heavy (non-hydrogen) atoms. The molecule has 0 atom stereocenters. The smallest absolute Gasteiger partial charge is 0.331 e. The van der Waals surface area contributed by atoms with Gasteiger partial charge >= 0.3 is 10.7 Å². The number of rotatable bonds is 4. The molecule has 0 aliphatic heterocycles. The highest BCUT2D eigenvalue weighted by atomic mass is 79.9. The maximum atomic E-state index is 12.7. The molecule has 1 heterocycles. The molecule has 0 fully saturated rings. The van der Waals surface area contributed by atoms with E-state index < -0.39 is 16.3 Å². The van der Waals surface area contributed by atoms with Crippen molar-refractivity contribution in [2.75, 3.05) is 0 Å². The Bertz CT molecular complexity index is 333. The summed E-state index contributed by atoms with van der Waals surface area (Å²) in [6.07, 6.45) is 1.10. The van der Waals surface area contributed by atoms with Crippen molar-refractivity contribution < 1.29 is 13.3 Å². The Morgan fingerprint density at radius 2 is 1.93 bits per heavy atom. The fraction of sp³-hybridized carbons (Fsp3) is 0.750. The van der Waals surface area contributed by atoms with Gasteiger partial charge in [0.2, 0.25) is 0 Å². The number of alkyl halides is 3. The van der Waals surface area contributed by atoms with Crippen LogP contribution in [0.15, 0.2) is 4.52 Å². The second-order valence-corrected chi connectivity index (χ2v) is 4.28. The highest BCUT2D eigenvalue weighted by Crippen LogP contribution is 2.34. The van der Waals surface area contributed by atoms with Gasteiger partial charge in [-0.05, 0) is 12.8 Å². The van der Waals surface area contributed by atoms with Gasteiger partial charge in [0, 0.05) is 15.9 Å². The van der Waals surface area contributed by atoms with E-state index in [9.17, 15) is 8.78 Å². The maximum absolute atomic E-state index is 12.7. The highest BCUT2D eigenvalue weighted by molar-refractivity contribution is 9.09. The minimum Gasteiger partial charge on any atom is -0.331 e. The highest BCUT2D eigenvalue weighted by Gasteiger charge is 2.38. The van der Waals surface area contributed by atoms with E-state index in [0.29, 0.717) is 12.8 Å². The molecule has 0 aromatic carbocycles. The Morgan fingerprint density at radius 1 is 1.40 bits per heavy atom. The molecule has 7 heteroatoms. The van der Waals surface area contributed by atoms with Crippen LogP contribution in [0.4, 0.5) is 8.78 Å². The van der Waals surface area contributed by atoms with E-state index in [2.05, 4.69) is 30.6 Å². The average Bonchev–Trinajstić information content (AvgIpc) is 2.65. The summed E-state index contributed by atoms with van der Waals surface area (Å²) in [6, 6.07) is 0. The summed E-state index contributed by atoms with van der Waals surface area (Å²) in [5, 5.41) is 3.48. The van der Waals surface area contributed by atoms with Crippen molar-refractivity contribution in [2.45, 2.75) is 37.1 Å². The topological polar surface area (TPSA) is 64.9 Å². The van der Waals surface area contributed by atoms with Crippen LogP contribution >= 0.6 is 15.9 Å². The summed E-state index contributed by atoms with van der Waals surface area (Å²) in [6.45, 7) is 3.68. The average molecular weight is 284 g/mol. The van der Waals surface area contributed by atoms with E-state index in [-0.39, 0.29) is 5.82 Å². The molecule has 0 bridgehead atoms. The first-order valence-corrected chi connectivity index (χ1v) is 5.33.